The van der Waals surface area contributed by atoms with Crippen LogP contribution in [0.1, 0.15) is 5.56 Å². The first kappa shape index (κ1) is 14.7. The molecule has 1 N–H and O–H groups in total. The minimum Gasteiger partial charge on any atom is -0.355 e. The predicted molar refractivity (Wildman–Crippen MR) is 83.7 cm³/mol. The van der Waals surface area contributed by atoms with E-state index in [0.717, 1.165) is 22.9 Å². The van der Waals surface area contributed by atoms with Crippen molar-refractivity contribution in [2.75, 3.05) is 5.32 Å². The number of rotatable bonds is 2. The lowest BCUT2D eigenvalue weighted by Gasteiger charge is -2.11. The molecule has 3 rings (SSSR count). The summed E-state index contributed by atoms with van der Waals surface area (Å²) >= 11 is 6.14. The standard InChI is InChI=1S/C17H11ClF3N/c18-16-6-1-3-11-7-8-14(10-15(11)16)22-13-5-2-4-12(9-13)17(19,20)21/h1-10,22H. The summed E-state index contributed by atoms with van der Waals surface area (Å²) in [6, 6.07) is 16.1. The first-order valence-electron chi connectivity index (χ1n) is 6.56. The number of fused-ring (bicyclic) bond motifs is 1. The highest BCUT2D eigenvalue weighted by Crippen LogP contribution is 2.32. The molecule has 0 unspecified atom stereocenters. The SMILES string of the molecule is FC(F)(F)c1cccc(Nc2ccc3cccc(Cl)c3c2)c1. The smallest absolute Gasteiger partial charge is 0.355 e. The average molecular weight is 322 g/mol. The van der Waals surface area contributed by atoms with Crippen molar-refractivity contribution >= 4 is 33.7 Å². The zero-order valence-corrected chi connectivity index (χ0v) is 12.0. The largest absolute Gasteiger partial charge is 0.416 e. The van der Waals surface area contributed by atoms with Crippen molar-refractivity contribution in [3.8, 4) is 0 Å². The van der Waals surface area contributed by atoms with Crippen LogP contribution in [0.5, 0.6) is 0 Å². The molecule has 0 spiro atoms. The molecule has 0 aliphatic carbocycles. The molecule has 5 heteroatoms. The number of hydrogen-bond acceptors (Lipinski definition) is 1. The fraction of sp³-hybridized carbons (Fsp3) is 0.0588. The van der Waals surface area contributed by atoms with Gasteiger partial charge in [0.05, 0.1) is 5.56 Å². The lowest BCUT2D eigenvalue weighted by atomic mass is 10.1. The first-order chi connectivity index (χ1) is 10.4. The minimum absolute atomic E-state index is 0.376. The van der Waals surface area contributed by atoms with Crippen molar-refractivity contribution in [3.63, 3.8) is 0 Å². The number of anilines is 2. The van der Waals surface area contributed by atoms with E-state index < -0.39 is 11.7 Å². The van der Waals surface area contributed by atoms with E-state index in [2.05, 4.69) is 5.32 Å². The summed E-state index contributed by atoms with van der Waals surface area (Å²) in [5.74, 6) is 0. The number of benzene rings is 3. The Morgan fingerprint density at radius 2 is 1.55 bits per heavy atom. The van der Waals surface area contributed by atoms with E-state index >= 15 is 0 Å². The van der Waals surface area contributed by atoms with Gasteiger partial charge in [0.2, 0.25) is 0 Å². The summed E-state index contributed by atoms with van der Waals surface area (Å²) in [4.78, 5) is 0. The van der Waals surface area contributed by atoms with Gasteiger partial charge in [0.25, 0.3) is 0 Å². The van der Waals surface area contributed by atoms with Crippen LogP contribution in [0.2, 0.25) is 5.02 Å². The molecule has 1 nitrogen and oxygen atoms in total. The number of hydrogen-bond donors (Lipinski definition) is 1. The van der Waals surface area contributed by atoms with E-state index in [1.165, 1.54) is 6.07 Å². The van der Waals surface area contributed by atoms with Gasteiger partial charge < -0.3 is 5.32 Å². The Bertz CT molecular complexity index is 827. The molecule has 0 saturated carbocycles. The van der Waals surface area contributed by atoms with Crippen LogP contribution in [0.25, 0.3) is 10.8 Å². The van der Waals surface area contributed by atoms with E-state index in [1.54, 1.807) is 18.2 Å². The van der Waals surface area contributed by atoms with Crippen LogP contribution in [0.15, 0.2) is 60.7 Å². The monoisotopic (exact) mass is 321 g/mol. The van der Waals surface area contributed by atoms with E-state index in [9.17, 15) is 13.2 Å². The molecule has 0 heterocycles. The molecule has 0 radical (unpaired) electrons. The molecule has 22 heavy (non-hydrogen) atoms. The van der Waals surface area contributed by atoms with E-state index in [0.29, 0.717) is 16.4 Å². The maximum Gasteiger partial charge on any atom is 0.416 e. The molecule has 0 atom stereocenters. The topological polar surface area (TPSA) is 12.0 Å². The second kappa shape index (κ2) is 5.54. The molecule has 112 valence electrons. The van der Waals surface area contributed by atoms with Crippen LogP contribution in [0.4, 0.5) is 24.5 Å². The number of alkyl halides is 3. The van der Waals surface area contributed by atoms with Crippen LogP contribution in [0, 0.1) is 0 Å². The molecule has 0 fully saturated rings. The minimum atomic E-state index is -4.36. The van der Waals surface area contributed by atoms with Crippen molar-refractivity contribution in [1.82, 2.24) is 0 Å². The molecular formula is C17H11ClF3N. The Morgan fingerprint density at radius 1 is 0.818 bits per heavy atom. The highest BCUT2D eigenvalue weighted by Gasteiger charge is 2.30. The molecule has 0 aromatic heterocycles. The van der Waals surface area contributed by atoms with Gasteiger partial charge in [0.1, 0.15) is 0 Å². The van der Waals surface area contributed by atoms with Crippen LogP contribution < -0.4 is 5.32 Å². The third-order valence-corrected chi connectivity index (χ3v) is 3.64. The highest BCUT2D eigenvalue weighted by atomic mass is 35.5. The summed E-state index contributed by atoms with van der Waals surface area (Å²) in [5, 5.41) is 5.40. The summed E-state index contributed by atoms with van der Waals surface area (Å²) < 4.78 is 38.2. The molecule has 0 aliphatic heterocycles. The van der Waals surface area contributed by atoms with Gasteiger partial charge in [-0.2, -0.15) is 13.2 Å². The van der Waals surface area contributed by atoms with Gasteiger partial charge in [0, 0.05) is 21.8 Å². The van der Waals surface area contributed by atoms with Crippen molar-refractivity contribution in [1.29, 1.82) is 0 Å². The van der Waals surface area contributed by atoms with Gasteiger partial charge in [0.15, 0.2) is 0 Å². The second-order valence-electron chi connectivity index (χ2n) is 4.88. The number of halogens is 4. The van der Waals surface area contributed by atoms with Gasteiger partial charge in [-0.15, -0.1) is 0 Å². The van der Waals surface area contributed by atoms with Gasteiger partial charge in [-0.25, -0.2) is 0 Å². The second-order valence-corrected chi connectivity index (χ2v) is 5.29. The zero-order chi connectivity index (χ0) is 15.7. The van der Waals surface area contributed by atoms with Gasteiger partial charge in [-0.05, 0) is 41.8 Å². The van der Waals surface area contributed by atoms with Crippen molar-refractivity contribution < 1.29 is 13.2 Å². The fourth-order valence-electron chi connectivity index (χ4n) is 2.25. The Labute approximate surface area is 130 Å². The van der Waals surface area contributed by atoms with Crippen molar-refractivity contribution in [2.24, 2.45) is 0 Å². The average Bonchev–Trinajstić information content (AvgIpc) is 2.48. The molecule has 0 bridgehead atoms. The molecule has 0 amide bonds. The van der Waals surface area contributed by atoms with Crippen LogP contribution in [-0.4, -0.2) is 0 Å². The van der Waals surface area contributed by atoms with Gasteiger partial charge >= 0.3 is 6.18 Å². The Hall–Kier alpha value is -2.20. The van der Waals surface area contributed by atoms with E-state index in [1.807, 2.05) is 24.3 Å². The maximum atomic E-state index is 12.7. The first-order valence-corrected chi connectivity index (χ1v) is 6.94. The lowest BCUT2D eigenvalue weighted by molar-refractivity contribution is -0.137. The molecule has 3 aromatic carbocycles. The quantitative estimate of drug-likeness (QED) is 0.587. The van der Waals surface area contributed by atoms with Crippen molar-refractivity contribution in [2.45, 2.75) is 6.18 Å². The van der Waals surface area contributed by atoms with E-state index in [4.69, 9.17) is 11.6 Å². The summed E-state index contributed by atoms with van der Waals surface area (Å²) in [5.41, 5.74) is 0.373. The van der Waals surface area contributed by atoms with Crippen LogP contribution >= 0.6 is 11.6 Å². The molecule has 0 saturated heterocycles. The van der Waals surface area contributed by atoms with Crippen molar-refractivity contribution in [3.05, 3.63) is 71.2 Å². The normalized spacial score (nSPS) is 11.6. The Kier molecular flexibility index (Phi) is 3.71. The van der Waals surface area contributed by atoms with E-state index in [-0.39, 0.29) is 0 Å². The Morgan fingerprint density at radius 3 is 2.32 bits per heavy atom. The zero-order valence-electron chi connectivity index (χ0n) is 11.3. The van der Waals surface area contributed by atoms with Crippen LogP contribution in [0.3, 0.4) is 0 Å². The molecule has 3 aromatic rings. The molecule has 0 aliphatic rings. The third kappa shape index (κ3) is 3.02. The summed E-state index contributed by atoms with van der Waals surface area (Å²) in [6.07, 6.45) is -4.36. The van der Waals surface area contributed by atoms with Crippen LogP contribution in [-0.2, 0) is 6.18 Å². The molecular weight excluding hydrogens is 311 g/mol. The predicted octanol–water partition coefficient (Wildman–Crippen LogP) is 6.26. The Balaban J connectivity index is 1.95. The third-order valence-electron chi connectivity index (χ3n) is 3.31. The fourth-order valence-corrected chi connectivity index (χ4v) is 2.49. The highest BCUT2D eigenvalue weighted by molar-refractivity contribution is 6.35. The maximum absolute atomic E-state index is 12.7. The van der Waals surface area contributed by atoms with Gasteiger partial charge in [-0.3, -0.25) is 0 Å². The summed E-state index contributed by atoms with van der Waals surface area (Å²) in [6.45, 7) is 0. The van der Waals surface area contributed by atoms with Gasteiger partial charge in [-0.1, -0.05) is 35.9 Å². The lowest BCUT2D eigenvalue weighted by Crippen LogP contribution is -2.05. The number of nitrogens with one attached hydrogen (secondary N) is 1. The summed E-state index contributed by atoms with van der Waals surface area (Å²) in [7, 11) is 0.